The second kappa shape index (κ2) is 7.58. The van der Waals surface area contributed by atoms with Crippen LogP contribution < -0.4 is 4.72 Å². The molecule has 0 fully saturated rings. The molecule has 0 spiro atoms. The number of hydrogen-bond donors (Lipinski definition) is 1. The summed E-state index contributed by atoms with van der Waals surface area (Å²) < 4.78 is 60.5. The summed E-state index contributed by atoms with van der Waals surface area (Å²) in [6.07, 6.45) is 0. The van der Waals surface area contributed by atoms with Crippen LogP contribution in [0.2, 0.25) is 0 Å². The predicted molar refractivity (Wildman–Crippen MR) is 91.4 cm³/mol. The molecule has 0 amide bonds. The summed E-state index contributed by atoms with van der Waals surface area (Å²) in [6.45, 7) is -0.266. The van der Waals surface area contributed by atoms with E-state index in [4.69, 9.17) is 9.15 Å². The van der Waals surface area contributed by atoms with E-state index in [1.54, 1.807) is 0 Å². The largest absolute Gasteiger partial charge is 0.454 e. The number of ether oxygens (including phenoxy) is 1. The monoisotopic (exact) mass is 402 g/mol. The lowest BCUT2D eigenvalue weighted by Crippen LogP contribution is -2.21. The molecule has 0 saturated heterocycles. The molecule has 0 radical (unpaired) electrons. The zero-order chi connectivity index (χ0) is 19.5. The molecule has 2 rings (SSSR count). The molecule has 0 bridgehead atoms. The highest BCUT2D eigenvalue weighted by atomic mass is 32.2. The third-order valence-corrected chi connectivity index (χ3v) is 6.51. The number of carbonyl (C=O) groups is 1. The van der Waals surface area contributed by atoms with Gasteiger partial charge in [-0.15, -0.1) is 0 Å². The number of furan rings is 1. The van der Waals surface area contributed by atoms with Crippen LogP contribution in [0.25, 0.3) is 0 Å². The molecule has 1 N–H and O–H groups in total. The second-order valence-corrected chi connectivity index (χ2v) is 9.29. The van der Waals surface area contributed by atoms with Crippen molar-refractivity contribution in [2.24, 2.45) is 0 Å². The molecular weight excluding hydrogens is 384 g/mol. The summed E-state index contributed by atoms with van der Waals surface area (Å²) in [7, 11) is -3.27. The molecule has 1 aromatic heterocycles. The van der Waals surface area contributed by atoms with E-state index in [1.807, 2.05) is 0 Å². The Morgan fingerprint density at radius 1 is 1.08 bits per heavy atom. The van der Waals surface area contributed by atoms with Gasteiger partial charge in [-0.3, -0.25) is 0 Å². The summed E-state index contributed by atoms with van der Waals surface area (Å²) in [4.78, 5) is 12.0. The van der Waals surface area contributed by atoms with Crippen molar-refractivity contribution in [2.75, 3.05) is 21.1 Å². The SMILES string of the molecule is CNS(=O)(=O)c1ccc(C(=O)OCc2ccc(S(=O)(=O)N(C)C)o2)cc1. The number of rotatable bonds is 7. The van der Waals surface area contributed by atoms with Crippen LogP contribution in [0.15, 0.2) is 50.8 Å². The van der Waals surface area contributed by atoms with E-state index >= 15 is 0 Å². The van der Waals surface area contributed by atoms with Gasteiger partial charge < -0.3 is 9.15 Å². The van der Waals surface area contributed by atoms with Crippen molar-refractivity contribution in [1.82, 2.24) is 9.03 Å². The van der Waals surface area contributed by atoms with Crippen molar-refractivity contribution < 1.29 is 30.8 Å². The van der Waals surface area contributed by atoms with Crippen molar-refractivity contribution >= 4 is 26.0 Å². The molecule has 1 heterocycles. The molecule has 26 heavy (non-hydrogen) atoms. The lowest BCUT2D eigenvalue weighted by Gasteiger charge is -2.08. The van der Waals surface area contributed by atoms with Crippen LogP contribution in [0.1, 0.15) is 16.1 Å². The van der Waals surface area contributed by atoms with Crippen molar-refractivity contribution in [3.8, 4) is 0 Å². The smallest absolute Gasteiger partial charge is 0.338 e. The third-order valence-electron chi connectivity index (χ3n) is 3.39. The van der Waals surface area contributed by atoms with E-state index in [0.29, 0.717) is 0 Å². The minimum absolute atomic E-state index is 0.0149. The van der Waals surface area contributed by atoms with E-state index in [0.717, 1.165) is 4.31 Å². The fourth-order valence-corrected chi connectivity index (χ4v) is 3.40. The highest BCUT2D eigenvalue weighted by Crippen LogP contribution is 2.18. The van der Waals surface area contributed by atoms with Gasteiger partial charge in [0.25, 0.3) is 10.0 Å². The first-order valence-corrected chi connectivity index (χ1v) is 10.2. The summed E-state index contributed by atoms with van der Waals surface area (Å²) >= 11 is 0. The third kappa shape index (κ3) is 4.30. The predicted octanol–water partition coefficient (Wildman–Crippen LogP) is 0.795. The Labute approximate surface area is 151 Å². The Morgan fingerprint density at radius 2 is 1.69 bits per heavy atom. The molecule has 0 aliphatic heterocycles. The van der Waals surface area contributed by atoms with Crippen molar-refractivity contribution in [3.63, 3.8) is 0 Å². The minimum atomic E-state index is -3.70. The number of nitrogens with one attached hydrogen (secondary N) is 1. The molecule has 9 nitrogen and oxygen atoms in total. The van der Waals surface area contributed by atoms with Gasteiger partial charge in [0.2, 0.25) is 15.1 Å². The van der Waals surface area contributed by atoms with E-state index in [1.165, 1.54) is 57.5 Å². The van der Waals surface area contributed by atoms with E-state index < -0.39 is 26.0 Å². The molecule has 0 atom stereocenters. The lowest BCUT2D eigenvalue weighted by molar-refractivity contribution is 0.0440. The quantitative estimate of drug-likeness (QED) is 0.679. The lowest BCUT2D eigenvalue weighted by atomic mass is 10.2. The highest BCUT2D eigenvalue weighted by Gasteiger charge is 2.22. The van der Waals surface area contributed by atoms with Gasteiger partial charge in [-0.2, -0.15) is 0 Å². The van der Waals surface area contributed by atoms with Crippen LogP contribution in [-0.2, 0) is 31.4 Å². The Hall–Kier alpha value is -2.21. The minimum Gasteiger partial charge on any atom is -0.454 e. The maximum Gasteiger partial charge on any atom is 0.338 e. The molecule has 0 saturated carbocycles. The van der Waals surface area contributed by atoms with Crippen LogP contribution >= 0.6 is 0 Å². The first kappa shape index (κ1) is 20.1. The van der Waals surface area contributed by atoms with Gasteiger partial charge in [-0.05, 0) is 43.4 Å². The number of carbonyl (C=O) groups excluding carboxylic acids is 1. The Balaban J connectivity index is 2.05. The summed E-state index contributed by atoms with van der Waals surface area (Å²) in [5.74, 6) is -0.542. The van der Waals surface area contributed by atoms with Crippen molar-refractivity contribution in [1.29, 1.82) is 0 Å². The number of hydrogen-bond acceptors (Lipinski definition) is 7. The van der Waals surface area contributed by atoms with Crippen LogP contribution in [0.3, 0.4) is 0 Å². The zero-order valence-corrected chi connectivity index (χ0v) is 15.9. The van der Waals surface area contributed by atoms with Gasteiger partial charge in [0.15, 0.2) is 0 Å². The van der Waals surface area contributed by atoms with Gasteiger partial charge in [0.05, 0.1) is 10.5 Å². The molecule has 2 aromatic rings. The average molecular weight is 402 g/mol. The van der Waals surface area contributed by atoms with Gasteiger partial charge in [-0.1, -0.05) is 0 Å². The highest BCUT2D eigenvalue weighted by molar-refractivity contribution is 7.89. The zero-order valence-electron chi connectivity index (χ0n) is 14.3. The standard InChI is InChI=1S/C15H18N2O7S2/c1-16-25(19,20)13-7-4-11(5-8-13)15(18)23-10-12-6-9-14(24-12)26(21,22)17(2)3/h4-9,16H,10H2,1-3H3. The molecular formula is C15H18N2O7S2. The van der Waals surface area contributed by atoms with Crippen LogP contribution in [0.4, 0.5) is 0 Å². The van der Waals surface area contributed by atoms with Crippen molar-refractivity contribution in [2.45, 2.75) is 16.6 Å². The second-order valence-electron chi connectivity index (χ2n) is 5.32. The van der Waals surface area contributed by atoms with Gasteiger partial charge in [-0.25, -0.2) is 30.7 Å². The number of nitrogens with zero attached hydrogens (tertiary/aromatic N) is 1. The number of esters is 1. The Kier molecular flexibility index (Phi) is 5.86. The molecule has 0 aliphatic rings. The molecule has 0 unspecified atom stereocenters. The summed E-state index contributed by atoms with van der Waals surface area (Å²) in [6, 6.07) is 7.85. The first-order valence-electron chi connectivity index (χ1n) is 7.30. The molecule has 0 aliphatic carbocycles. The summed E-state index contributed by atoms with van der Waals surface area (Å²) in [5, 5.41) is -0.254. The van der Waals surface area contributed by atoms with Gasteiger partial charge in [0.1, 0.15) is 12.4 Å². The molecule has 142 valence electrons. The number of benzene rings is 1. The summed E-state index contributed by atoms with van der Waals surface area (Å²) in [5.41, 5.74) is 0.146. The van der Waals surface area contributed by atoms with E-state index in [-0.39, 0.29) is 27.9 Å². The van der Waals surface area contributed by atoms with Crippen LogP contribution in [-0.4, -0.2) is 48.3 Å². The molecule has 11 heteroatoms. The maximum absolute atomic E-state index is 12.0. The average Bonchev–Trinajstić information content (AvgIpc) is 3.09. The molecule has 1 aromatic carbocycles. The van der Waals surface area contributed by atoms with Crippen LogP contribution in [0.5, 0.6) is 0 Å². The van der Waals surface area contributed by atoms with E-state index in [2.05, 4.69) is 4.72 Å². The first-order chi connectivity index (χ1) is 12.1. The fraction of sp³-hybridized carbons (Fsp3) is 0.267. The normalized spacial score (nSPS) is 12.3. The maximum atomic E-state index is 12.0. The number of sulfonamides is 2. The van der Waals surface area contributed by atoms with E-state index in [9.17, 15) is 21.6 Å². The Bertz CT molecular complexity index is 991. The van der Waals surface area contributed by atoms with Crippen LogP contribution in [0, 0.1) is 0 Å². The van der Waals surface area contributed by atoms with Gasteiger partial charge in [0, 0.05) is 14.1 Å². The fourth-order valence-electron chi connectivity index (χ4n) is 1.86. The topological polar surface area (TPSA) is 123 Å². The van der Waals surface area contributed by atoms with Crippen molar-refractivity contribution in [3.05, 3.63) is 47.7 Å². The Morgan fingerprint density at radius 3 is 2.23 bits per heavy atom. The van der Waals surface area contributed by atoms with Gasteiger partial charge >= 0.3 is 5.97 Å².